The summed E-state index contributed by atoms with van der Waals surface area (Å²) in [5.74, 6) is 0.591. The van der Waals surface area contributed by atoms with Crippen molar-refractivity contribution in [3.8, 4) is 28.4 Å². The van der Waals surface area contributed by atoms with Gasteiger partial charge in [-0.2, -0.15) is 0 Å². The van der Waals surface area contributed by atoms with Crippen molar-refractivity contribution >= 4 is 22.8 Å². The van der Waals surface area contributed by atoms with E-state index >= 15 is 0 Å². The first-order valence-corrected chi connectivity index (χ1v) is 9.80. The maximum Gasteiger partial charge on any atom is 0.258 e. The van der Waals surface area contributed by atoms with Crippen LogP contribution < -0.4 is 25.0 Å². The lowest BCUT2D eigenvalue weighted by Gasteiger charge is -2.15. The minimum atomic E-state index is -0.500. The number of carbonyl (C=O) groups excluding carboxylic acids is 1. The van der Waals surface area contributed by atoms with Gasteiger partial charge in [-0.25, -0.2) is 0 Å². The van der Waals surface area contributed by atoms with E-state index in [-0.39, 0.29) is 22.4 Å². The molecule has 4 aromatic rings. The molecule has 0 radical (unpaired) electrons. The number of hydrogen-bond donors (Lipinski definition) is 1. The van der Waals surface area contributed by atoms with E-state index in [9.17, 15) is 9.59 Å². The number of hydrogen-bond acceptors (Lipinski definition) is 6. The molecule has 1 heterocycles. The number of amides is 1. The van der Waals surface area contributed by atoms with Gasteiger partial charge >= 0.3 is 0 Å². The average Bonchev–Trinajstić information content (AvgIpc) is 2.83. The van der Waals surface area contributed by atoms with Crippen LogP contribution >= 0.6 is 0 Å². The summed E-state index contributed by atoms with van der Waals surface area (Å²) >= 11 is 0. The Morgan fingerprint density at radius 2 is 1.47 bits per heavy atom. The van der Waals surface area contributed by atoms with Crippen LogP contribution in [0.1, 0.15) is 10.4 Å². The zero-order valence-electron chi connectivity index (χ0n) is 17.8. The Kier molecular flexibility index (Phi) is 5.81. The maximum atomic E-state index is 13.3. The normalized spacial score (nSPS) is 10.6. The SMILES string of the molecule is COc1cc(C(=O)Nc2oc3ccccc3c(=O)c2-c2ccccc2)cc(OC)c1OC. The van der Waals surface area contributed by atoms with Gasteiger partial charge in [0, 0.05) is 5.56 Å². The van der Waals surface area contributed by atoms with Crippen molar-refractivity contribution in [2.24, 2.45) is 0 Å². The smallest absolute Gasteiger partial charge is 0.258 e. The standard InChI is InChI=1S/C25H21NO6/c1-29-19-13-16(14-20(30-2)23(19)31-3)24(28)26-25-21(15-9-5-4-6-10-15)22(27)17-11-7-8-12-18(17)32-25/h4-14H,1-3H3,(H,26,28). The summed E-state index contributed by atoms with van der Waals surface area (Å²) in [5, 5.41) is 3.17. The van der Waals surface area contributed by atoms with Crippen molar-refractivity contribution in [1.82, 2.24) is 0 Å². The van der Waals surface area contributed by atoms with Crippen molar-refractivity contribution in [3.63, 3.8) is 0 Å². The first-order valence-electron chi connectivity index (χ1n) is 9.80. The molecule has 4 rings (SSSR count). The molecule has 0 atom stereocenters. The molecule has 0 aliphatic rings. The molecule has 0 saturated heterocycles. The number of methoxy groups -OCH3 is 3. The molecule has 1 N–H and O–H groups in total. The molecule has 32 heavy (non-hydrogen) atoms. The highest BCUT2D eigenvalue weighted by atomic mass is 16.5. The number of nitrogens with one attached hydrogen (secondary N) is 1. The van der Waals surface area contributed by atoms with Gasteiger partial charge in [-0.1, -0.05) is 42.5 Å². The Hall–Kier alpha value is -4.26. The molecule has 0 aliphatic carbocycles. The maximum absolute atomic E-state index is 13.3. The van der Waals surface area contributed by atoms with Gasteiger partial charge in [0.1, 0.15) is 5.58 Å². The molecule has 162 valence electrons. The highest BCUT2D eigenvalue weighted by Crippen LogP contribution is 2.38. The van der Waals surface area contributed by atoms with Crippen molar-refractivity contribution in [1.29, 1.82) is 0 Å². The van der Waals surface area contributed by atoms with Gasteiger partial charge in [-0.15, -0.1) is 0 Å². The third kappa shape index (κ3) is 3.76. The van der Waals surface area contributed by atoms with Crippen molar-refractivity contribution < 1.29 is 23.4 Å². The third-order valence-corrected chi connectivity index (χ3v) is 5.01. The Morgan fingerprint density at radius 3 is 2.09 bits per heavy atom. The van der Waals surface area contributed by atoms with Gasteiger partial charge in [-0.3, -0.25) is 14.9 Å². The fourth-order valence-electron chi connectivity index (χ4n) is 3.48. The molecular weight excluding hydrogens is 410 g/mol. The molecule has 0 aliphatic heterocycles. The zero-order chi connectivity index (χ0) is 22.7. The number of ether oxygens (including phenoxy) is 3. The molecule has 0 saturated carbocycles. The van der Waals surface area contributed by atoms with E-state index in [0.717, 1.165) is 0 Å². The van der Waals surface area contributed by atoms with Crippen LogP contribution in [0, 0.1) is 0 Å². The van der Waals surface area contributed by atoms with Gasteiger partial charge in [0.2, 0.25) is 17.1 Å². The van der Waals surface area contributed by atoms with Crippen LogP contribution in [0.2, 0.25) is 0 Å². The molecule has 1 amide bonds. The van der Waals surface area contributed by atoms with Crippen LogP contribution in [0.3, 0.4) is 0 Å². The number of carbonyl (C=O) groups is 1. The molecule has 0 bridgehead atoms. The van der Waals surface area contributed by atoms with E-state index in [4.69, 9.17) is 18.6 Å². The lowest BCUT2D eigenvalue weighted by Crippen LogP contribution is -2.17. The monoisotopic (exact) mass is 431 g/mol. The Bertz CT molecular complexity index is 1320. The number of fused-ring (bicyclic) bond motifs is 1. The summed E-state index contributed by atoms with van der Waals surface area (Å²) < 4.78 is 21.9. The van der Waals surface area contributed by atoms with Crippen LogP contribution in [0.4, 0.5) is 5.88 Å². The van der Waals surface area contributed by atoms with E-state index in [1.54, 1.807) is 36.4 Å². The first kappa shape index (κ1) is 21.0. The average molecular weight is 431 g/mol. The van der Waals surface area contributed by atoms with Gasteiger partial charge in [0.25, 0.3) is 5.91 Å². The second-order valence-electron chi connectivity index (χ2n) is 6.87. The summed E-state index contributed by atoms with van der Waals surface area (Å²) in [6.07, 6.45) is 0. The summed E-state index contributed by atoms with van der Waals surface area (Å²) in [6.45, 7) is 0. The van der Waals surface area contributed by atoms with E-state index in [1.165, 1.54) is 33.5 Å². The largest absolute Gasteiger partial charge is 0.493 e. The van der Waals surface area contributed by atoms with E-state index in [0.29, 0.717) is 33.8 Å². The van der Waals surface area contributed by atoms with E-state index in [1.807, 2.05) is 18.2 Å². The Balaban J connectivity index is 1.84. The minimum Gasteiger partial charge on any atom is -0.493 e. The summed E-state index contributed by atoms with van der Waals surface area (Å²) in [6, 6.07) is 19.0. The fraction of sp³-hybridized carbons (Fsp3) is 0.120. The fourth-order valence-corrected chi connectivity index (χ4v) is 3.48. The molecule has 1 aromatic heterocycles. The quantitative estimate of drug-likeness (QED) is 0.475. The second kappa shape index (κ2) is 8.85. The molecule has 3 aromatic carbocycles. The van der Waals surface area contributed by atoms with Crippen molar-refractivity contribution in [2.45, 2.75) is 0 Å². The topological polar surface area (TPSA) is 87.0 Å². The molecule has 7 nitrogen and oxygen atoms in total. The lowest BCUT2D eigenvalue weighted by molar-refractivity contribution is 0.102. The minimum absolute atomic E-state index is 0.0543. The van der Waals surface area contributed by atoms with Crippen molar-refractivity contribution in [2.75, 3.05) is 26.6 Å². The van der Waals surface area contributed by atoms with Gasteiger partial charge < -0.3 is 18.6 Å². The van der Waals surface area contributed by atoms with Gasteiger partial charge in [-0.05, 0) is 29.8 Å². The molecule has 7 heteroatoms. The Labute approximate surface area is 184 Å². The highest BCUT2D eigenvalue weighted by Gasteiger charge is 2.21. The lowest BCUT2D eigenvalue weighted by atomic mass is 10.0. The molecule has 0 fully saturated rings. The number of rotatable bonds is 6. The summed E-state index contributed by atoms with van der Waals surface area (Å²) in [7, 11) is 4.42. The van der Waals surface area contributed by atoms with Crippen LogP contribution in [-0.2, 0) is 0 Å². The number of para-hydroxylation sites is 1. The second-order valence-corrected chi connectivity index (χ2v) is 6.87. The van der Waals surface area contributed by atoms with Crippen LogP contribution in [0.25, 0.3) is 22.1 Å². The van der Waals surface area contributed by atoms with Crippen LogP contribution in [0.15, 0.2) is 75.9 Å². The first-order chi connectivity index (χ1) is 15.6. The molecule has 0 unspecified atom stereocenters. The molecular formula is C25H21NO6. The number of benzene rings is 3. The summed E-state index contributed by atoms with van der Waals surface area (Å²) in [5.41, 5.74) is 1.28. The van der Waals surface area contributed by atoms with Crippen LogP contribution in [0.5, 0.6) is 17.2 Å². The third-order valence-electron chi connectivity index (χ3n) is 5.01. The van der Waals surface area contributed by atoms with Crippen LogP contribution in [-0.4, -0.2) is 27.2 Å². The van der Waals surface area contributed by atoms with E-state index in [2.05, 4.69) is 5.32 Å². The zero-order valence-corrected chi connectivity index (χ0v) is 17.8. The van der Waals surface area contributed by atoms with Gasteiger partial charge in [0.05, 0.1) is 32.3 Å². The highest BCUT2D eigenvalue weighted by molar-refractivity contribution is 6.06. The predicted molar refractivity (Wildman–Crippen MR) is 122 cm³/mol. The van der Waals surface area contributed by atoms with Gasteiger partial charge in [0.15, 0.2) is 11.5 Å². The molecule has 0 spiro atoms. The van der Waals surface area contributed by atoms with Crippen molar-refractivity contribution in [3.05, 3.63) is 82.5 Å². The van der Waals surface area contributed by atoms with E-state index < -0.39 is 5.91 Å². The Morgan fingerprint density at radius 1 is 0.844 bits per heavy atom. The predicted octanol–water partition coefficient (Wildman–Crippen LogP) is 4.74. The number of anilines is 1. The summed E-state index contributed by atoms with van der Waals surface area (Å²) in [4.78, 5) is 26.4.